The lowest BCUT2D eigenvalue weighted by molar-refractivity contribution is -0.156. The summed E-state index contributed by atoms with van der Waals surface area (Å²) in [5, 5.41) is 5.74. The number of ether oxygens (including phenoxy) is 5. The van der Waals surface area contributed by atoms with Crippen molar-refractivity contribution in [2.75, 3.05) is 72.5 Å². The largest absolute Gasteiger partial charge is 0.460 e. The molecule has 12 heteroatoms. The molecule has 0 spiro atoms. The van der Waals surface area contributed by atoms with Gasteiger partial charge in [-0.25, -0.2) is 0 Å². The minimum absolute atomic E-state index is 0.0849. The SMILES string of the molecule is CC(C)(C)OC(=O)CCOCCOCCOCCOCCNC(=O)CC(CCCCN)NC(=O)CCCN. The predicted molar refractivity (Wildman–Crippen MR) is 144 cm³/mol. The van der Waals surface area contributed by atoms with Crippen LogP contribution < -0.4 is 22.1 Å². The fourth-order valence-corrected chi connectivity index (χ4v) is 3.19. The van der Waals surface area contributed by atoms with Crippen LogP contribution in [0.3, 0.4) is 0 Å². The van der Waals surface area contributed by atoms with E-state index in [-0.39, 0.29) is 36.7 Å². The van der Waals surface area contributed by atoms with Gasteiger partial charge in [-0.2, -0.15) is 0 Å². The molecule has 0 fully saturated rings. The Morgan fingerprint density at radius 2 is 1.26 bits per heavy atom. The summed E-state index contributed by atoms with van der Waals surface area (Å²) in [6.07, 6.45) is 3.82. The molecule has 0 aliphatic rings. The number of esters is 1. The molecule has 2 amide bonds. The third-order valence-corrected chi connectivity index (χ3v) is 4.97. The van der Waals surface area contributed by atoms with Crippen LogP contribution in [0.4, 0.5) is 0 Å². The summed E-state index contributed by atoms with van der Waals surface area (Å²) in [5.41, 5.74) is 10.5. The summed E-state index contributed by atoms with van der Waals surface area (Å²) in [6.45, 7) is 10.1. The fourth-order valence-electron chi connectivity index (χ4n) is 3.19. The third kappa shape index (κ3) is 25.8. The van der Waals surface area contributed by atoms with Gasteiger partial charge in [-0.3, -0.25) is 14.4 Å². The van der Waals surface area contributed by atoms with Crippen molar-refractivity contribution in [2.24, 2.45) is 11.5 Å². The Balaban J connectivity index is 3.65. The second-order valence-electron chi connectivity index (χ2n) is 9.78. The molecule has 6 N–H and O–H groups in total. The number of carbonyl (C=O) groups excluding carboxylic acids is 3. The Morgan fingerprint density at radius 1 is 0.711 bits per heavy atom. The lowest BCUT2D eigenvalue weighted by atomic mass is 10.1. The van der Waals surface area contributed by atoms with Gasteiger partial charge < -0.3 is 45.8 Å². The van der Waals surface area contributed by atoms with Gasteiger partial charge in [0.1, 0.15) is 5.60 Å². The molecule has 0 aromatic heterocycles. The van der Waals surface area contributed by atoms with Gasteiger partial charge in [0, 0.05) is 25.4 Å². The summed E-state index contributed by atoms with van der Waals surface area (Å²) < 4.78 is 26.9. The van der Waals surface area contributed by atoms with Crippen LogP contribution in [0.1, 0.15) is 65.7 Å². The molecule has 224 valence electrons. The average molecular weight is 549 g/mol. The van der Waals surface area contributed by atoms with E-state index in [9.17, 15) is 14.4 Å². The van der Waals surface area contributed by atoms with Crippen LogP contribution in [0, 0.1) is 0 Å². The highest BCUT2D eigenvalue weighted by atomic mass is 16.6. The molecular formula is C26H52N4O8. The Bertz CT molecular complexity index is 617. The van der Waals surface area contributed by atoms with Crippen molar-refractivity contribution in [3.63, 3.8) is 0 Å². The van der Waals surface area contributed by atoms with Crippen LogP contribution in [-0.4, -0.2) is 102 Å². The van der Waals surface area contributed by atoms with Crippen molar-refractivity contribution in [3.05, 3.63) is 0 Å². The van der Waals surface area contributed by atoms with E-state index in [1.54, 1.807) is 0 Å². The molecule has 0 rings (SSSR count). The van der Waals surface area contributed by atoms with Crippen LogP contribution in [-0.2, 0) is 38.1 Å². The smallest absolute Gasteiger partial charge is 0.308 e. The average Bonchev–Trinajstić information content (AvgIpc) is 2.84. The second-order valence-corrected chi connectivity index (χ2v) is 9.78. The molecule has 0 aliphatic carbocycles. The number of hydrogen-bond donors (Lipinski definition) is 4. The Labute approximate surface area is 228 Å². The van der Waals surface area contributed by atoms with Crippen molar-refractivity contribution in [3.8, 4) is 0 Å². The molecular weight excluding hydrogens is 496 g/mol. The summed E-state index contributed by atoms with van der Waals surface area (Å²) in [7, 11) is 0. The lowest BCUT2D eigenvalue weighted by Crippen LogP contribution is -2.40. The molecule has 38 heavy (non-hydrogen) atoms. The molecule has 0 heterocycles. The van der Waals surface area contributed by atoms with Gasteiger partial charge in [0.15, 0.2) is 0 Å². The number of unbranched alkanes of at least 4 members (excludes halogenated alkanes) is 1. The number of nitrogens with one attached hydrogen (secondary N) is 2. The van der Waals surface area contributed by atoms with E-state index in [1.165, 1.54) is 0 Å². The number of rotatable bonds is 25. The van der Waals surface area contributed by atoms with E-state index in [2.05, 4.69) is 10.6 Å². The van der Waals surface area contributed by atoms with Crippen molar-refractivity contribution >= 4 is 17.8 Å². The number of amides is 2. The van der Waals surface area contributed by atoms with E-state index in [0.717, 1.165) is 12.8 Å². The van der Waals surface area contributed by atoms with E-state index in [0.29, 0.717) is 91.8 Å². The zero-order valence-electron chi connectivity index (χ0n) is 23.7. The van der Waals surface area contributed by atoms with Gasteiger partial charge in [-0.05, 0) is 53.1 Å². The monoisotopic (exact) mass is 548 g/mol. The molecule has 0 saturated heterocycles. The molecule has 12 nitrogen and oxygen atoms in total. The van der Waals surface area contributed by atoms with E-state index in [4.69, 9.17) is 35.2 Å². The first-order valence-corrected chi connectivity index (χ1v) is 13.7. The number of nitrogens with two attached hydrogens (primary N) is 2. The van der Waals surface area contributed by atoms with Gasteiger partial charge >= 0.3 is 5.97 Å². The van der Waals surface area contributed by atoms with Gasteiger partial charge in [0.25, 0.3) is 0 Å². The minimum Gasteiger partial charge on any atom is -0.460 e. The quantitative estimate of drug-likeness (QED) is 0.0936. The van der Waals surface area contributed by atoms with Crippen LogP contribution in [0.15, 0.2) is 0 Å². The molecule has 0 radical (unpaired) electrons. The highest BCUT2D eigenvalue weighted by molar-refractivity contribution is 5.79. The highest BCUT2D eigenvalue weighted by Crippen LogP contribution is 2.08. The Kier molecular flexibility index (Phi) is 23.1. The predicted octanol–water partition coefficient (Wildman–Crippen LogP) is 0.644. The van der Waals surface area contributed by atoms with Crippen molar-refractivity contribution < 1.29 is 38.1 Å². The lowest BCUT2D eigenvalue weighted by Gasteiger charge is -2.19. The van der Waals surface area contributed by atoms with Crippen molar-refractivity contribution in [1.29, 1.82) is 0 Å². The van der Waals surface area contributed by atoms with Gasteiger partial charge in [0.05, 0.1) is 59.3 Å². The first-order valence-electron chi connectivity index (χ1n) is 13.7. The zero-order valence-corrected chi connectivity index (χ0v) is 23.7. The molecule has 0 saturated carbocycles. The summed E-state index contributed by atoms with van der Waals surface area (Å²) in [5.74, 6) is -0.495. The maximum Gasteiger partial charge on any atom is 0.308 e. The molecule has 0 aliphatic heterocycles. The van der Waals surface area contributed by atoms with Crippen molar-refractivity contribution in [2.45, 2.75) is 77.4 Å². The normalized spacial score (nSPS) is 12.2. The van der Waals surface area contributed by atoms with Crippen LogP contribution in [0.2, 0.25) is 0 Å². The van der Waals surface area contributed by atoms with Crippen LogP contribution in [0.25, 0.3) is 0 Å². The maximum atomic E-state index is 12.2. The standard InChI is InChI=1S/C26H52N4O8/c1-26(2,3)38-25(33)9-13-34-15-17-36-19-20-37-18-16-35-14-12-29-24(32)21-22(7-4-5-10-27)30-23(31)8-6-11-28/h22H,4-21,27-28H2,1-3H3,(H,29,32)(H,30,31). The molecule has 1 atom stereocenters. The van der Waals surface area contributed by atoms with Gasteiger partial charge in [-0.1, -0.05) is 6.42 Å². The first-order chi connectivity index (χ1) is 18.2. The molecule has 0 bridgehead atoms. The summed E-state index contributed by atoms with van der Waals surface area (Å²) in [6, 6.07) is -0.216. The van der Waals surface area contributed by atoms with Crippen LogP contribution in [0.5, 0.6) is 0 Å². The molecule has 0 aromatic rings. The van der Waals surface area contributed by atoms with E-state index in [1.807, 2.05) is 20.8 Å². The van der Waals surface area contributed by atoms with Crippen LogP contribution >= 0.6 is 0 Å². The fraction of sp³-hybridized carbons (Fsp3) is 0.885. The molecule has 0 aromatic carbocycles. The van der Waals surface area contributed by atoms with E-state index >= 15 is 0 Å². The van der Waals surface area contributed by atoms with E-state index < -0.39 is 5.60 Å². The minimum atomic E-state index is -0.485. The third-order valence-electron chi connectivity index (χ3n) is 4.97. The number of carbonyl (C=O) groups is 3. The van der Waals surface area contributed by atoms with Crippen molar-refractivity contribution in [1.82, 2.24) is 10.6 Å². The Morgan fingerprint density at radius 3 is 1.82 bits per heavy atom. The molecule has 1 unspecified atom stereocenters. The zero-order chi connectivity index (χ0) is 28.5. The number of hydrogen-bond acceptors (Lipinski definition) is 10. The Hall–Kier alpha value is -1.83. The summed E-state index contributed by atoms with van der Waals surface area (Å²) in [4.78, 5) is 35.8. The van der Waals surface area contributed by atoms with Gasteiger partial charge in [-0.15, -0.1) is 0 Å². The maximum absolute atomic E-state index is 12.2. The van der Waals surface area contributed by atoms with Gasteiger partial charge in [0.2, 0.25) is 11.8 Å². The second kappa shape index (κ2) is 24.2. The highest BCUT2D eigenvalue weighted by Gasteiger charge is 2.16. The topological polar surface area (TPSA) is 173 Å². The first kappa shape index (κ1) is 36.2. The summed E-state index contributed by atoms with van der Waals surface area (Å²) >= 11 is 0.